The summed E-state index contributed by atoms with van der Waals surface area (Å²) < 4.78 is 13.2. The normalized spacial score (nSPS) is 11.5. The van der Waals surface area contributed by atoms with Crippen molar-refractivity contribution in [2.24, 2.45) is 10.4 Å². The van der Waals surface area contributed by atoms with E-state index in [1.807, 2.05) is 38.8 Å². The maximum Gasteiger partial charge on any atom is 0.225 e. The first-order chi connectivity index (χ1) is 10.7. The number of rotatable bonds is 5. The van der Waals surface area contributed by atoms with Gasteiger partial charge in [-0.05, 0) is 17.7 Å². The summed E-state index contributed by atoms with van der Waals surface area (Å²) >= 11 is 0. The van der Waals surface area contributed by atoms with E-state index in [2.05, 4.69) is 15.6 Å². The minimum absolute atomic E-state index is 0. The number of guanidine groups is 1. The van der Waals surface area contributed by atoms with Crippen molar-refractivity contribution < 1.29 is 9.18 Å². The third-order valence-electron chi connectivity index (χ3n) is 3.26. The molecule has 0 aliphatic rings. The van der Waals surface area contributed by atoms with Crippen molar-refractivity contribution in [1.29, 1.82) is 0 Å². The first kappa shape index (κ1) is 22.6. The van der Waals surface area contributed by atoms with E-state index in [9.17, 15) is 9.18 Å². The molecule has 0 aliphatic carbocycles. The molecular weight excluding hydrogens is 422 g/mol. The first-order valence-corrected chi connectivity index (χ1v) is 7.68. The molecule has 2 N–H and O–H groups in total. The van der Waals surface area contributed by atoms with E-state index in [0.29, 0.717) is 25.6 Å². The van der Waals surface area contributed by atoms with Crippen molar-refractivity contribution in [2.45, 2.75) is 27.3 Å². The molecule has 0 radical (unpaired) electrons. The van der Waals surface area contributed by atoms with Gasteiger partial charge < -0.3 is 15.5 Å². The molecule has 0 aromatic heterocycles. The maximum absolute atomic E-state index is 13.2. The Morgan fingerprint density at radius 3 is 2.42 bits per heavy atom. The minimum Gasteiger partial charge on any atom is -0.354 e. The Morgan fingerprint density at radius 1 is 1.25 bits per heavy atom. The Balaban J connectivity index is 0.00000529. The molecule has 0 bridgehead atoms. The van der Waals surface area contributed by atoms with Gasteiger partial charge in [-0.2, -0.15) is 0 Å². The van der Waals surface area contributed by atoms with Crippen LogP contribution >= 0.6 is 24.0 Å². The lowest BCUT2D eigenvalue weighted by molar-refractivity contribution is -0.128. The molecule has 0 heterocycles. The number of hydrogen-bond acceptors (Lipinski definition) is 2. The van der Waals surface area contributed by atoms with Crippen LogP contribution in [0.3, 0.4) is 0 Å². The Bertz CT molecular complexity index is 558. The molecular formula is C17H28FIN4O. The molecule has 0 aliphatic heterocycles. The van der Waals surface area contributed by atoms with Gasteiger partial charge in [0.15, 0.2) is 5.96 Å². The number of benzene rings is 1. The summed E-state index contributed by atoms with van der Waals surface area (Å²) in [6.45, 7) is 7.26. The average Bonchev–Trinajstić information content (AvgIpc) is 2.45. The molecule has 136 valence electrons. The molecule has 1 aromatic carbocycles. The van der Waals surface area contributed by atoms with Crippen LogP contribution in [0.5, 0.6) is 0 Å². The molecule has 0 fully saturated rings. The van der Waals surface area contributed by atoms with Gasteiger partial charge in [-0.15, -0.1) is 24.0 Å². The molecule has 0 unspecified atom stereocenters. The highest BCUT2D eigenvalue weighted by Crippen LogP contribution is 2.11. The highest BCUT2D eigenvalue weighted by atomic mass is 127. The quantitative estimate of drug-likeness (QED) is 0.314. The van der Waals surface area contributed by atoms with E-state index in [4.69, 9.17) is 0 Å². The van der Waals surface area contributed by atoms with Crippen LogP contribution < -0.4 is 10.6 Å². The van der Waals surface area contributed by atoms with Crippen molar-refractivity contribution in [3.05, 3.63) is 35.6 Å². The molecule has 0 spiro atoms. The van der Waals surface area contributed by atoms with E-state index in [-0.39, 0.29) is 35.7 Å². The fraction of sp³-hybridized carbons (Fsp3) is 0.529. The molecule has 7 heteroatoms. The Kier molecular flexibility index (Phi) is 9.88. The summed E-state index contributed by atoms with van der Waals surface area (Å²) in [5, 5.41) is 6.05. The second-order valence-corrected chi connectivity index (χ2v) is 6.47. The lowest BCUT2D eigenvalue weighted by atomic mass is 9.96. The summed E-state index contributed by atoms with van der Waals surface area (Å²) in [7, 11) is 3.58. The third kappa shape index (κ3) is 7.94. The Hall–Kier alpha value is -1.38. The van der Waals surface area contributed by atoms with Crippen LogP contribution in [0.25, 0.3) is 0 Å². The van der Waals surface area contributed by atoms with E-state index < -0.39 is 5.41 Å². The number of carbonyl (C=O) groups excluding carboxylic acids is 1. The topological polar surface area (TPSA) is 56.7 Å². The summed E-state index contributed by atoms with van der Waals surface area (Å²) in [6.07, 6.45) is 0. The number of hydrogen-bond donors (Lipinski definition) is 2. The van der Waals surface area contributed by atoms with E-state index in [0.717, 1.165) is 5.56 Å². The number of nitrogens with zero attached hydrogens (tertiary/aromatic N) is 2. The number of amides is 1. The predicted molar refractivity (Wildman–Crippen MR) is 107 cm³/mol. The van der Waals surface area contributed by atoms with E-state index in [1.165, 1.54) is 12.1 Å². The monoisotopic (exact) mass is 450 g/mol. The molecule has 5 nitrogen and oxygen atoms in total. The zero-order chi connectivity index (χ0) is 17.5. The third-order valence-corrected chi connectivity index (χ3v) is 3.26. The van der Waals surface area contributed by atoms with Crippen LogP contribution in [-0.4, -0.2) is 44.0 Å². The number of nitrogens with one attached hydrogen (secondary N) is 2. The minimum atomic E-state index is -0.393. The van der Waals surface area contributed by atoms with Gasteiger partial charge in [-0.25, -0.2) is 4.39 Å². The fourth-order valence-corrected chi connectivity index (χ4v) is 1.98. The predicted octanol–water partition coefficient (Wildman–Crippen LogP) is 2.61. The van der Waals surface area contributed by atoms with Gasteiger partial charge in [-0.3, -0.25) is 9.79 Å². The maximum atomic E-state index is 13.2. The van der Waals surface area contributed by atoms with Gasteiger partial charge >= 0.3 is 0 Å². The van der Waals surface area contributed by atoms with Crippen LogP contribution in [0.4, 0.5) is 4.39 Å². The standard InChI is InChI=1S/C17H27FN4O.HI/c1-17(2,3)15(23)20-9-10-21-16(19-4)22(5)12-13-7-6-8-14(18)11-13;/h6-8,11H,9-10,12H2,1-5H3,(H,19,21)(H,20,23);1H. The fourth-order valence-electron chi connectivity index (χ4n) is 1.98. The van der Waals surface area contributed by atoms with Gasteiger partial charge in [0.25, 0.3) is 0 Å². The second-order valence-electron chi connectivity index (χ2n) is 6.47. The van der Waals surface area contributed by atoms with Crippen LogP contribution in [0, 0.1) is 11.2 Å². The molecule has 1 amide bonds. The van der Waals surface area contributed by atoms with Crippen LogP contribution in [0.15, 0.2) is 29.3 Å². The highest BCUT2D eigenvalue weighted by molar-refractivity contribution is 14.0. The van der Waals surface area contributed by atoms with Crippen LogP contribution in [-0.2, 0) is 11.3 Å². The summed E-state index contributed by atoms with van der Waals surface area (Å²) in [5.41, 5.74) is 0.479. The molecule has 1 aromatic rings. The number of carbonyl (C=O) groups is 1. The smallest absolute Gasteiger partial charge is 0.225 e. The van der Waals surface area contributed by atoms with E-state index in [1.54, 1.807) is 13.1 Å². The van der Waals surface area contributed by atoms with Gasteiger partial charge in [0.05, 0.1) is 0 Å². The molecule has 1 rings (SSSR count). The molecule has 24 heavy (non-hydrogen) atoms. The Labute approximate surface area is 161 Å². The van der Waals surface area contributed by atoms with E-state index >= 15 is 0 Å². The Morgan fingerprint density at radius 2 is 1.88 bits per heavy atom. The van der Waals surface area contributed by atoms with Gasteiger partial charge in [0.2, 0.25) is 5.91 Å². The summed E-state index contributed by atoms with van der Waals surface area (Å²) in [4.78, 5) is 17.9. The summed E-state index contributed by atoms with van der Waals surface area (Å²) in [6, 6.07) is 6.49. The van der Waals surface area contributed by atoms with Gasteiger partial charge in [-0.1, -0.05) is 32.9 Å². The van der Waals surface area contributed by atoms with Gasteiger partial charge in [0.1, 0.15) is 5.82 Å². The lowest BCUT2D eigenvalue weighted by Gasteiger charge is -2.23. The summed E-state index contributed by atoms with van der Waals surface area (Å²) in [5.74, 6) is 0.463. The lowest BCUT2D eigenvalue weighted by Crippen LogP contribution is -2.43. The zero-order valence-electron chi connectivity index (χ0n) is 15.0. The first-order valence-electron chi connectivity index (χ1n) is 7.68. The van der Waals surface area contributed by atoms with Crippen molar-refractivity contribution in [1.82, 2.24) is 15.5 Å². The van der Waals surface area contributed by atoms with Crippen LogP contribution in [0.2, 0.25) is 0 Å². The average molecular weight is 450 g/mol. The molecule has 0 saturated carbocycles. The van der Waals surface area contributed by atoms with Crippen molar-refractivity contribution in [2.75, 3.05) is 27.2 Å². The molecule has 0 atom stereocenters. The largest absolute Gasteiger partial charge is 0.354 e. The zero-order valence-corrected chi connectivity index (χ0v) is 17.3. The SMILES string of the molecule is CN=C(NCCNC(=O)C(C)(C)C)N(C)Cc1cccc(F)c1.I. The van der Waals surface area contributed by atoms with Crippen molar-refractivity contribution in [3.63, 3.8) is 0 Å². The number of aliphatic imine (C=N–C) groups is 1. The second kappa shape index (κ2) is 10.5. The van der Waals surface area contributed by atoms with Gasteiger partial charge in [0, 0.05) is 39.1 Å². The molecule has 0 saturated heterocycles. The van der Waals surface area contributed by atoms with Crippen LogP contribution in [0.1, 0.15) is 26.3 Å². The van der Waals surface area contributed by atoms with Crippen molar-refractivity contribution >= 4 is 35.8 Å². The van der Waals surface area contributed by atoms with Crippen molar-refractivity contribution in [3.8, 4) is 0 Å². The highest BCUT2D eigenvalue weighted by Gasteiger charge is 2.20. The number of halogens is 2.